The van der Waals surface area contributed by atoms with Crippen LogP contribution in [-0.2, 0) is 51.2 Å². The zero-order valence-corrected chi connectivity index (χ0v) is 6.59. The summed E-state index contributed by atoms with van der Waals surface area (Å²) in [4.78, 5) is 0. The second-order valence-electron chi connectivity index (χ2n) is 0. The second kappa shape index (κ2) is 40.4. The first kappa shape index (κ1) is 68.9. The van der Waals surface area contributed by atoms with Crippen LogP contribution in [0.3, 0.4) is 0 Å². The summed E-state index contributed by atoms with van der Waals surface area (Å²) in [5, 5.41) is 0. The van der Waals surface area contributed by atoms with E-state index >= 15 is 0 Å². The minimum Gasteiger partial charge on any atom is 0 e. The molecule has 0 bridgehead atoms. The summed E-state index contributed by atoms with van der Waals surface area (Å²) in [6.07, 6.45) is 0. The van der Waals surface area contributed by atoms with E-state index in [1.807, 2.05) is 0 Å². The molecule has 0 nitrogen and oxygen atoms in total. The van der Waals surface area contributed by atoms with E-state index in [0.717, 1.165) is 0 Å². The van der Waals surface area contributed by atoms with Crippen LogP contribution in [0.1, 0.15) is 0 Å². The molecule has 0 aromatic heterocycles. The molecule has 0 aliphatic rings. The average Bonchev–Trinajstić information content (AvgIpc) is 0. The third-order valence-corrected chi connectivity index (χ3v) is 0. The zero-order valence-electron chi connectivity index (χ0n) is 2.17. The minimum atomic E-state index is 0. The van der Waals surface area contributed by atoms with Crippen LogP contribution in [0.15, 0.2) is 0 Å². The van der Waals surface area contributed by atoms with E-state index in [9.17, 15) is 0 Å². The molecule has 0 fully saturated rings. The molecule has 0 rings (SSSR count). The third kappa shape index (κ3) is 25.4. The summed E-state index contributed by atoms with van der Waals surface area (Å²) < 4.78 is 0. The molecule has 0 aliphatic carbocycles. The van der Waals surface area contributed by atoms with Crippen molar-refractivity contribution in [1.29, 1.82) is 0 Å². The molecule has 5 heavy (non-hydrogen) atoms. The van der Waals surface area contributed by atoms with E-state index in [4.69, 9.17) is 0 Å². The SMILES string of the molecule is [B].[Co].[Cr].[Fe].[Si]. The Morgan fingerprint density at radius 2 is 1.00 bits per heavy atom. The van der Waals surface area contributed by atoms with Gasteiger partial charge < -0.3 is 0 Å². The number of hydrogen-bond donors (Lipinski definition) is 0. The minimum absolute atomic E-state index is 0. The maximum Gasteiger partial charge on any atom is 0 e. The van der Waals surface area contributed by atoms with E-state index in [2.05, 4.69) is 0 Å². The molecule has 0 amide bonds. The fourth-order valence-electron chi connectivity index (χ4n) is 0. The Bertz CT molecular complexity index is 11.6. The molecule has 0 aromatic rings. The molecule has 8 radical (unpaired) electrons. The Balaban J connectivity index is 0. The molecule has 0 N–H and O–H groups in total. The van der Waals surface area contributed by atoms with Gasteiger partial charge in [-0.15, -0.1) is 0 Å². The summed E-state index contributed by atoms with van der Waals surface area (Å²) in [5.41, 5.74) is 0. The van der Waals surface area contributed by atoms with Gasteiger partial charge in [0.2, 0.25) is 0 Å². The first-order valence-electron chi connectivity index (χ1n) is 0. The van der Waals surface area contributed by atoms with Gasteiger partial charge in [-0.05, 0) is 0 Å². The smallest absolute Gasteiger partial charge is 0 e. The Hall–Kier alpha value is 1.84. The molecule has 0 aliphatic heterocycles. The monoisotopic (exact) mass is 206 g/mol. The van der Waals surface area contributed by atoms with Gasteiger partial charge in [-0.1, -0.05) is 0 Å². The predicted molar refractivity (Wildman–Crippen MR) is 11.5 cm³/mol. The van der Waals surface area contributed by atoms with Gasteiger partial charge in [0.25, 0.3) is 0 Å². The van der Waals surface area contributed by atoms with Crippen molar-refractivity contribution in [2.45, 2.75) is 0 Å². The third-order valence-electron chi connectivity index (χ3n) is 0. The Morgan fingerprint density at radius 3 is 1.00 bits per heavy atom. The fourth-order valence-corrected chi connectivity index (χ4v) is 0. The quantitative estimate of drug-likeness (QED) is 0.456. The molecule has 0 saturated heterocycles. The fraction of sp³-hybridized carbons (Fsp3) is 0. The van der Waals surface area contributed by atoms with Crippen LogP contribution in [0, 0.1) is 0 Å². The molecule has 0 saturated carbocycles. The van der Waals surface area contributed by atoms with E-state index in [1.54, 1.807) is 0 Å². The summed E-state index contributed by atoms with van der Waals surface area (Å²) in [7, 11) is 0. The maximum atomic E-state index is 0. The summed E-state index contributed by atoms with van der Waals surface area (Å²) in [6, 6.07) is 0. The largest absolute Gasteiger partial charge is 0 e. The summed E-state index contributed by atoms with van der Waals surface area (Å²) in [5.74, 6) is 0. The van der Waals surface area contributed by atoms with Gasteiger partial charge >= 0.3 is 0 Å². The van der Waals surface area contributed by atoms with Gasteiger partial charge in [-0.3, -0.25) is 0 Å². The summed E-state index contributed by atoms with van der Waals surface area (Å²) >= 11 is 0. The molecule has 0 unspecified atom stereocenters. The number of hydrogen-bond acceptors (Lipinski definition) is 0. The van der Waals surface area contributed by atoms with Crippen molar-refractivity contribution in [1.82, 2.24) is 0 Å². The van der Waals surface area contributed by atoms with Crippen LogP contribution in [0.4, 0.5) is 0 Å². The van der Waals surface area contributed by atoms with Crippen molar-refractivity contribution >= 4 is 19.4 Å². The molecule has 0 heterocycles. The van der Waals surface area contributed by atoms with Crippen molar-refractivity contribution in [3.05, 3.63) is 0 Å². The second-order valence-corrected chi connectivity index (χ2v) is 0. The molecule has 5 heteroatoms. The van der Waals surface area contributed by atoms with E-state index in [0.29, 0.717) is 0 Å². The molecular weight excluding hydrogens is 206 g/mol. The topological polar surface area (TPSA) is 0 Å². The van der Waals surface area contributed by atoms with Gasteiger partial charge in [0, 0.05) is 70.6 Å². The van der Waals surface area contributed by atoms with E-state index in [1.165, 1.54) is 0 Å². The van der Waals surface area contributed by atoms with Gasteiger partial charge in [0.05, 0.1) is 0 Å². The predicted octanol–water partition coefficient (Wildman–Crippen LogP) is -0.769. The zero-order chi connectivity index (χ0) is 0. The summed E-state index contributed by atoms with van der Waals surface area (Å²) in [6.45, 7) is 0. The van der Waals surface area contributed by atoms with Crippen molar-refractivity contribution < 1.29 is 51.2 Å². The standard InChI is InChI=1S/B.Co.Cr.Fe.Si. The van der Waals surface area contributed by atoms with Crippen LogP contribution in [0.5, 0.6) is 0 Å². The van der Waals surface area contributed by atoms with Crippen molar-refractivity contribution in [3.8, 4) is 0 Å². The van der Waals surface area contributed by atoms with Crippen molar-refractivity contribution in [2.75, 3.05) is 0 Å². The Labute approximate surface area is 70.3 Å². The molecule has 0 aromatic carbocycles. The van der Waals surface area contributed by atoms with Crippen molar-refractivity contribution in [2.24, 2.45) is 0 Å². The first-order chi connectivity index (χ1) is 0. The molecular formula is BCoCrFeSi. The van der Waals surface area contributed by atoms with Gasteiger partial charge in [0.15, 0.2) is 0 Å². The average molecular weight is 206 g/mol. The van der Waals surface area contributed by atoms with Crippen LogP contribution in [-0.4, -0.2) is 19.4 Å². The first-order valence-corrected chi connectivity index (χ1v) is 0. The van der Waals surface area contributed by atoms with Gasteiger partial charge in [-0.2, -0.15) is 0 Å². The molecule has 0 spiro atoms. The van der Waals surface area contributed by atoms with Gasteiger partial charge in [-0.25, -0.2) is 0 Å². The van der Waals surface area contributed by atoms with Crippen LogP contribution < -0.4 is 0 Å². The Kier molecular flexibility index (Phi) is 557. The molecule has 0 atom stereocenters. The van der Waals surface area contributed by atoms with Crippen LogP contribution in [0.2, 0.25) is 0 Å². The van der Waals surface area contributed by atoms with Crippen LogP contribution in [0.25, 0.3) is 0 Å². The van der Waals surface area contributed by atoms with E-state index in [-0.39, 0.29) is 70.6 Å². The maximum absolute atomic E-state index is 0. The molecule has 30 valence electrons. The number of rotatable bonds is 0. The normalized spacial score (nSPS) is 0. The van der Waals surface area contributed by atoms with Gasteiger partial charge in [0.1, 0.15) is 0 Å². The van der Waals surface area contributed by atoms with E-state index < -0.39 is 0 Å². The Morgan fingerprint density at radius 1 is 1.00 bits per heavy atom. The van der Waals surface area contributed by atoms with Crippen molar-refractivity contribution in [3.63, 3.8) is 0 Å². The van der Waals surface area contributed by atoms with Crippen LogP contribution >= 0.6 is 0 Å².